The molecular weight excluding hydrogens is 3490 g/mol. The molecule has 0 bridgehead atoms. The van der Waals surface area contributed by atoms with Crippen LogP contribution < -0.4 is 110 Å². The molecule has 0 saturated carbocycles. The van der Waals surface area contributed by atoms with E-state index in [-0.39, 0.29) is 252 Å². The third-order valence-electron chi connectivity index (χ3n) is 19.4. The fourth-order valence-corrected chi connectivity index (χ4v) is 44.8. The van der Waals surface area contributed by atoms with Crippen molar-refractivity contribution in [2.45, 2.75) is 0 Å². The van der Waals surface area contributed by atoms with Gasteiger partial charge in [-0.1, -0.05) is 291 Å². The van der Waals surface area contributed by atoms with Crippen molar-refractivity contribution in [2.24, 2.45) is 0 Å². The Morgan fingerprint density at radius 1 is 0.121 bits per heavy atom. The molecule has 0 fully saturated rings. The first-order chi connectivity index (χ1) is 59.3. The molecule has 0 N–H and O–H groups in total. The minimum atomic E-state index is -0.847. The van der Waals surface area contributed by atoms with Gasteiger partial charge >= 0.3 is 134 Å². The van der Waals surface area contributed by atoms with Gasteiger partial charge in [0.15, 0.2) is 23.6 Å². The molecule has 0 unspecified atom stereocenters. The second kappa shape index (κ2) is 86.9. The number of alkyl halides is 8. The largest absolute Gasteiger partial charge is 2.00 e. The van der Waals surface area contributed by atoms with Crippen LogP contribution in [0.1, 0.15) is 0 Å². The van der Waals surface area contributed by atoms with E-state index in [1.54, 1.807) is 0 Å². The summed E-state index contributed by atoms with van der Waals surface area (Å²) in [6.07, 6.45) is 0. The molecule has 0 aromatic heterocycles. The average molecular weight is 3600 g/mol. The molecule has 0 spiro atoms. The van der Waals surface area contributed by atoms with Crippen molar-refractivity contribution in [1.82, 2.24) is 0 Å². The maximum atomic E-state index is 4.76. The molecule has 16 rings (SSSR count). The van der Waals surface area contributed by atoms with Crippen LogP contribution in [0.4, 0.5) is 0 Å². The van der Waals surface area contributed by atoms with Gasteiger partial charge in [0.25, 0.3) is 0 Å². The summed E-state index contributed by atoms with van der Waals surface area (Å²) >= 11 is 38.1. The summed E-state index contributed by atoms with van der Waals surface area (Å²) < 4.78 is 0. The number of rotatable bonds is 24. The first-order valence-corrected chi connectivity index (χ1v) is 57.5. The van der Waals surface area contributed by atoms with E-state index in [0.29, 0.717) is 0 Å². The Morgan fingerprint density at radius 3 is 0.212 bits per heavy atom. The van der Waals surface area contributed by atoms with Gasteiger partial charge in [-0.3, -0.25) is 0 Å². The molecule has 0 atom stereocenters. The second-order valence-electron chi connectivity index (χ2n) is 26.8. The first-order valence-electron chi connectivity index (χ1n) is 39.5. The summed E-state index contributed by atoms with van der Waals surface area (Å²) in [6, 6.07) is 178. The maximum absolute atomic E-state index is 4.76. The Morgan fingerprint density at radius 2 is 0.167 bits per heavy atom. The van der Waals surface area contributed by atoms with E-state index in [2.05, 4.69) is 485 Å². The zero-order chi connectivity index (χ0) is 84.1. The smallest absolute Gasteiger partial charge is 1.00 e. The van der Waals surface area contributed by atoms with Crippen LogP contribution in [0.5, 0.6) is 0 Å². The van der Waals surface area contributed by atoms with Crippen LogP contribution in [-0.2, 0) is 206 Å². The number of halogens is 10. The molecule has 0 heterocycles. The third-order valence-corrected chi connectivity index (χ3v) is 47.2. The van der Waals surface area contributed by atoms with Crippen LogP contribution in [0.3, 0.4) is 0 Å². The fourth-order valence-electron chi connectivity index (χ4n) is 13.9. The van der Waals surface area contributed by atoms with Gasteiger partial charge in [-0.25, -0.2) is 0 Å². The molecule has 0 nitrogen and oxygen atoms in total. The van der Waals surface area contributed by atoms with E-state index in [1.165, 1.54) is 108 Å². The normalized spacial score (nSPS) is 9.58. The Kier molecular flexibility index (Phi) is 91.4. The van der Waals surface area contributed by atoms with Crippen LogP contribution in [0, 0.1) is 0 Å². The number of hydrogen-bond acceptors (Lipinski definition) is 0. The topological polar surface area (TPSA) is 0 Å². The summed E-state index contributed by atoms with van der Waals surface area (Å²) in [6.45, 7) is 0. The first kappa shape index (κ1) is 139. The third kappa shape index (κ3) is 50.3. The molecule has 132 heavy (non-hydrogen) atoms. The summed E-state index contributed by atoms with van der Waals surface area (Å²) in [7, 11) is -6.78. The summed E-state index contributed by atoms with van der Waals surface area (Å²) in [5.41, 5.74) is 0. The van der Waals surface area contributed by atoms with Gasteiger partial charge in [0.1, 0.15) is 148 Å². The second-order valence-corrected chi connectivity index (χ2v) is 52.6. The molecule has 722 valence electrons. The van der Waals surface area contributed by atoms with Gasteiger partial charge in [0.2, 0.25) is 0 Å². The molecule has 0 amide bonds. The molecule has 0 aliphatic rings. The van der Waals surface area contributed by atoms with Crippen molar-refractivity contribution in [3.05, 3.63) is 485 Å². The van der Waals surface area contributed by atoms with Crippen LogP contribution >= 0.6 is 156 Å². The molecular formula is C104H104Au8Cl10P8S2+8. The molecule has 2 radical (unpaired) electrons. The van der Waals surface area contributed by atoms with Crippen molar-refractivity contribution >= 4 is 268 Å². The molecule has 16 aromatic carbocycles. The van der Waals surface area contributed by atoms with E-state index in [9.17, 15) is 0 Å². The van der Waals surface area contributed by atoms with Gasteiger partial charge in [0.05, 0.1) is 21.4 Å². The number of hydrogen-bond donors (Lipinski definition) is 0. The zero-order valence-electron chi connectivity index (χ0n) is 70.9. The SMILES string of the molecule is ClCCl.ClCCl.ClCCl.ClCCl.[Au+].[Au+].[Au+].[Au+].[Au+].[Au+].[Au].[Au].[Cl-].[Cl-].[S-2].[S-2].c1ccc([PH+](C[PH+](c2ccccc2)c2ccccc2)c2ccccc2)cc1.c1ccc([PH+](C[PH+](c2ccccc2)c2ccccc2)c2ccccc2)cc1.c1ccc([PH+](C[PH+](c2ccccc2)c2ccccc2)c2ccccc2)cc1.c1ccc([PH+](C[PH+](c2ccccc2)c2ccccc2)c2ccccc2)cc1. The van der Waals surface area contributed by atoms with Crippen LogP contribution in [0.15, 0.2) is 485 Å². The van der Waals surface area contributed by atoms with Crippen LogP contribution in [0.2, 0.25) is 0 Å². The Hall–Kier alpha value is 0.482. The fraction of sp³-hybridized carbons (Fsp3) is 0.0769. The standard InChI is InChI=1S/4C25H22P2.4CH2Cl2.8Au.2ClH.2S/c4*1-5-13-22(14-6-1)26(23-15-7-2-8-16-23)21-27(24-17-9-3-10-18-24)25-19-11-4-12-20-25;4*2-1-3;;;;;;;;;;;;/h4*1-20H,21H2;4*1H2;;;;;;;;;2*1H;;/q;;;;;;;;;;6*+1;;;2*-2/p+6. The predicted molar refractivity (Wildman–Crippen MR) is 584 cm³/mol. The van der Waals surface area contributed by atoms with E-state index in [1.807, 2.05) is 0 Å². The van der Waals surface area contributed by atoms with E-state index in [4.69, 9.17) is 92.8 Å². The summed E-state index contributed by atoms with van der Waals surface area (Å²) in [4.78, 5) is 0. The monoisotopic (exact) mass is 3590 g/mol. The molecule has 16 aromatic rings. The van der Waals surface area contributed by atoms with Gasteiger partial charge < -0.3 is 51.8 Å². The van der Waals surface area contributed by atoms with Crippen molar-refractivity contribution in [3.63, 3.8) is 0 Å². The Balaban J connectivity index is -0.000000771. The Labute approximate surface area is 987 Å². The summed E-state index contributed by atoms with van der Waals surface area (Å²) in [5, 5.41) is 24.8. The van der Waals surface area contributed by atoms with E-state index >= 15 is 0 Å². The molecule has 28 heteroatoms. The Bertz CT molecular complexity index is 3950. The summed E-state index contributed by atoms with van der Waals surface area (Å²) in [5.74, 6) is 4.99. The maximum Gasteiger partial charge on any atom is 1.00 e. The van der Waals surface area contributed by atoms with Crippen molar-refractivity contribution in [1.29, 1.82) is 0 Å². The number of benzene rings is 16. The van der Waals surface area contributed by atoms with E-state index < -0.39 is 63.4 Å². The molecule has 0 aliphatic heterocycles. The van der Waals surface area contributed by atoms with Gasteiger partial charge in [-0.2, -0.15) is 0 Å². The van der Waals surface area contributed by atoms with Crippen molar-refractivity contribution in [3.8, 4) is 0 Å². The van der Waals surface area contributed by atoms with Gasteiger partial charge in [0, 0.05) is 44.8 Å². The minimum Gasteiger partial charge on any atom is -2.00 e. The average Bonchev–Trinajstić information content (AvgIpc) is 0.828. The van der Waals surface area contributed by atoms with Crippen molar-refractivity contribution < 1.29 is 204 Å². The quantitative estimate of drug-likeness (QED) is 0.0321. The van der Waals surface area contributed by atoms with Crippen LogP contribution in [-0.4, -0.2) is 45.0 Å². The van der Waals surface area contributed by atoms with Crippen molar-refractivity contribution in [2.75, 3.05) is 45.0 Å². The predicted octanol–water partition coefficient (Wildman–Crippen LogP) is 18.4. The molecule has 0 saturated heterocycles. The van der Waals surface area contributed by atoms with Gasteiger partial charge in [-0.15, -0.1) is 92.8 Å². The van der Waals surface area contributed by atoms with E-state index in [0.717, 1.165) is 0 Å². The minimum absolute atomic E-state index is 0. The van der Waals surface area contributed by atoms with Gasteiger partial charge in [-0.05, 0) is 194 Å². The molecule has 0 aliphatic carbocycles. The zero-order valence-corrected chi connectivity index (χ0v) is 105. The van der Waals surface area contributed by atoms with Crippen LogP contribution in [0.25, 0.3) is 0 Å².